The van der Waals surface area contributed by atoms with Gasteiger partial charge < -0.3 is 5.32 Å². The average Bonchev–Trinajstić information content (AvgIpc) is 3.29. The summed E-state index contributed by atoms with van der Waals surface area (Å²) in [6, 6.07) is 9.92. The van der Waals surface area contributed by atoms with Gasteiger partial charge in [-0.05, 0) is 31.0 Å². The number of anilines is 1. The lowest BCUT2D eigenvalue weighted by atomic mass is 10.2. The van der Waals surface area contributed by atoms with Crippen molar-refractivity contribution in [3.05, 3.63) is 58.8 Å². The van der Waals surface area contributed by atoms with E-state index in [1.165, 1.54) is 16.6 Å². The van der Waals surface area contributed by atoms with E-state index in [0.717, 1.165) is 40.6 Å². The molecule has 2 aromatic heterocycles. The largest absolute Gasteiger partial charge is 0.325 e. The SMILES string of the molecule is C=CCn1c(SCC(=O)Nc2ccccc2C)nnc1-c1csc(CCC)c1. The van der Waals surface area contributed by atoms with Crippen LogP contribution in [0.2, 0.25) is 0 Å². The van der Waals surface area contributed by atoms with Crippen LogP contribution >= 0.6 is 23.1 Å². The molecule has 7 heteroatoms. The van der Waals surface area contributed by atoms with Crippen LogP contribution in [0.15, 0.2) is 53.5 Å². The summed E-state index contributed by atoms with van der Waals surface area (Å²) in [5.74, 6) is 1.03. The Morgan fingerprint density at radius 1 is 1.36 bits per heavy atom. The predicted octanol–water partition coefficient (Wildman–Crippen LogP) is 5.18. The van der Waals surface area contributed by atoms with Gasteiger partial charge in [0.15, 0.2) is 11.0 Å². The number of hydrogen-bond donors (Lipinski definition) is 1. The third-order valence-electron chi connectivity index (χ3n) is 4.19. The molecule has 0 aliphatic carbocycles. The fourth-order valence-corrected chi connectivity index (χ4v) is 4.52. The maximum atomic E-state index is 12.4. The molecule has 0 saturated heterocycles. The molecule has 0 saturated carbocycles. The zero-order chi connectivity index (χ0) is 19.9. The molecule has 0 bridgehead atoms. The van der Waals surface area contributed by atoms with Crippen LogP contribution in [-0.4, -0.2) is 26.4 Å². The number of para-hydroxylation sites is 1. The Labute approximate surface area is 173 Å². The second kappa shape index (κ2) is 9.71. The van der Waals surface area contributed by atoms with Crippen LogP contribution in [0.5, 0.6) is 0 Å². The van der Waals surface area contributed by atoms with Crippen molar-refractivity contribution in [2.45, 2.75) is 38.4 Å². The lowest BCUT2D eigenvalue weighted by Gasteiger charge is -2.09. The molecule has 0 atom stereocenters. The van der Waals surface area contributed by atoms with Crippen LogP contribution in [0, 0.1) is 6.92 Å². The zero-order valence-corrected chi connectivity index (χ0v) is 17.8. The predicted molar refractivity (Wildman–Crippen MR) is 118 cm³/mol. The molecule has 1 amide bonds. The smallest absolute Gasteiger partial charge is 0.234 e. The van der Waals surface area contributed by atoms with Gasteiger partial charge in [-0.1, -0.05) is 49.4 Å². The van der Waals surface area contributed by atoms with Crippen molar-refractivity contribution >= 4 is 34.7 Å². The molecule has 146 valence electrons. The normalized spacial score (nSPS) is 10.8. The Morgan fingerprint density at radius 3 is 2.93 bits per heavy atom. The number of amides is 1. The molecule has 0 fully saturated rings. The maximum Gasteiger partial charge on any atom is 0.234 e. The van der Waals surface area contributed by atoms with Gasteiger partial charge in [-0.2, -0.15) is 0 Å². The standard InChI is InChI=1S/C21H24N4OS2/c1-4-8-17-12-16(13-27-17)20-23-24-21(25(20)11-5-2)28-14-19(26)22-18-10-7-6-9-15(18)3/h5-7,9-10,12-13H,2,4,8,11,14H2,1,3H3,(H,22,26). The molecule has 0 unspecified atom stereocenters. The lowest BCUT2D eigenvalue weighted by Crippen LogP contribution is -2.15. The van der Waals surface area contributed by atoms with Crippen LogP contribution < -0.4 is 5.32 Å². The topological polar surface area (TPSA) is 59.8 Å². The zero-order valence-electron chi connectivity index (χ0n) is 16.1. The summed E-state index contributed by atoms with van der Waals surface area (Å²) in [5.41, 5.74) is 2.94. The van der Waals surface area contributed by atoms with Gasteiger partial charge in [0.1, 0.15) is 0 Å². The van der Waals surface area contributed by atoms with Crippen molar-refractivity contribution in [3.8, 4) is 11.4 Å². The van der Waals surface area contributed by atoms with Gasteiger partial charge in [0.25, 0.3) is 0 Å². The van der Waals surface area contributed by atoms with Gasteiger partial charge in [-0.3, -0.25) is 9.36 Å². The van der Waals surface area contributed by atoms with Gasteiger partial charge in [0, 0.05) is 28.1 Å². The molecule has 0 aliphatic heterocycles. The fourth-order valence-electron chi connectivity index (χ4n) is 2.81. The molecule has 2 heterocycles. The summed E-state index contributed by atoms with van der Waals surface area (Å²) < 4.78 is 2.01. The summed E-state index contributed by atoms with van der Waals surface area (Å²) in [4.78, 5) is 13.7. The highest BCUT2D eigenvalue weighted by Crippen LogP contribution is 2.28. The summed E-state index contributed by atoms with van der Waals surface area (Å²) in [7, 11) is 0. The molecule has 3 rings (SSSR count). The summed E-state index contributed by atoms with van der Waals surface area (Å²) >= 11 is 3.13. The van der Waals surface area contributed by atoms with Crippen molar-refractivity contribution in [1.29, 1.82) is 0 Å². The molecule has 5 nitrogen and oxygen atoms in total. The number of aromatic nitrogens is 3. The van der Waals surface area contributed by atoms with Crippen LogP contribution in [0.25, 0.3) is 11.4 Å². The van der Waals surface area contributed by atoms with Gasteiger partial charge in [0.05, 0.1) is 5.75 Å². The van der Waals surface area contributed by atoms with Crippen molar-refractivity contribution in [1.82, 2.24) is 14.8 Å². The minimum atomic E-state index is -0.0604. The second-order valence-electron chi connectivity index (χ2n) is 6.41. The second-order valence-corrected chi connectivity index (χ2v) is 8.35. The number of hydrogen-bond acceptors (Lipinski definition) is 5. The van der Waals surface area contributed by atoms with E-state index < -0.39 is 0 Å². The van der Waals surface area contributed by atoms with E-state index in [0.29, 0.717) is 6.54 Å². The Balaban J connectivity index is 1.71. The summed E-state index contributed by atoms with van der Waals surface area (Å²) in [6.07, 6.45) is 4.01. The Morgan fingerprint density at radius 2 is 2.18 bits per heavy atom. The first-order valence-corrected chi connectivity index (χ1v) is 11.1. The molecule has 28 heavy (non-hydrogen) atoms. The first kappa shape index (κ1) is 20.4. The third kappa shape index (κ3) is 4.91. The van der Waals surface area contributed by atoms with Crippen LogP contribution in [0.1, 0.15) is 23.8 Å². The Bertz CT molecular complexity index is 961. The van der Waals surface area contributed by atoms with E-state index in [9.17, 15) is 4.79 Å². The number of aryl methyl sites for hydroxylation is 2. The van der Waals surface area contributed by atoms with E-state index >= 15 is 0 Å². The number of thioether (sulfide) groups is 1. The highest BCUT2D eigenvalue weighted by molar-refractivity contribution is 7.99. The van der Waals surface area contributed by atoms with E-state index in [1.54, 1.807) is 11.3 Å². The van der Waals surface area contributed by atoms with Crippen molar-refractivity contribution in [2.75, 3.05) is 11.1 Å². The number of carbonyl (C=O) groups is 1. The van der Waals surface area contributed by atoms with Gasteiger partial charge >= 0.3 is 0 Å². The number of nitrogens with zero attached hydrogens (tertiary/aromatic N) is 3. The Hall–Kier alpha value is -2.38. The van der Waals surface area contributed by atoms with Crippen molar-refractivity contribution in [2.24, 2.45) is 0 Å². The van der Waals surface area contributed by atoms with Gasteiger partial charge in [-0.15, -0.1) is 28.1 Å². The Kier molecular flexibility index (Phi) is 7.06. The van der Waals surface area contributed by atoms with Crippen LogP contribution in [0.4, 0.5) is 5.69 Å². The quantitative estimate of drug-likeness (QED) is 0.388. The minimum absolute atomic E-state index is 0.0604. The molecule has 0 spiro atoms. The maximum absolute atomic E-state index is 12.4. The fraction of sp³-hybridized carbons (Fsp3) is 0.286. The number of nitrogens with one attached hydrogen (secondary N) is 1. The number of benzene rings is 1. The van der Waals surface area contributed by atoms with Crippen LogP contribution in [-0.2, 0) is 17.8 Å². The van der Waals surface area contributed by atoms with Crippen molar-refractivity contribution in [3.63, 3.8) is 0 Å². The number of allylic oxidation sites excluding steroid dienone is 1. The molecular formula is C21H24N4OS2. The summed E-state index contributed by atoms with van der Waals surface area (Å²) in [6.45, 7) is 8.60. The lowest BCUT2D eigenvalue weighted by molar-refractivity contribution is -0.113. The number of thiophene rings is 1. The van der Waals surface area contributed by atoms with Gasteiger partial charge in [0.2, 0.25) is 5.91 Å². The molecular weight excluding hydrogens is 388 g/mol. The van der Waals surface area contributed by atoms with E-state index in [1.807, 2.05) is 41.8 Å². The van der Waals surface area contributed by atoms with Crippen LogP contribution in [0.3, 0.4) is 0 Å². The third-order valence-corrected chi connectivity index (χ3v) is 6.15. The monoisotopic (exact) mass is 412 g/mol. The summed E-state index contributed by atoms with van der Waals surface area (Å²) in [5, 5.41) is 14.5. The first-order chi connectivity index (χ1) is 13.6. The molecule has 1 N–H and O–H groups in total. The van der Waals surface area contributed by atoms with Gasteiger partial charge in [-0.25, -0.2) is 0 Å². The van der Waals surface area contributed by atoms with E-state index in [2.05, 4.69) is 40.5 Å². The number of carbonyl (C=O) groups excluding carboxylic acids is 1. The first-order valence-electron chi connectivity index (χ1n) is 9.22. The molecule has 3 aromatic rings. The van der Waals surface area contributed by atoms with E-state index in [-0.39, 0.29) is 11.7 Å². The average molecular weight is 413 g/mol. The number of rotatable bonds is 9. The molecule has 0 radical (unpaired) electrons. The van der Waals surface area contributed by atoms with Crippen molar-refractivity contribution < 1.29 is 4.79 Å². The highest BCUT2D eigenvalue weighted by atomic mass is 32.2. The van der Waals surface area contributed by atoms with E-state index in [4.69, 9.17) is 0 Å². The molecule has 1 aromatic carbocycles. The molecule has 0 aliphatic rings. The highest BCUT2D eigenvalue weighted by Gasteiger charge is 2.16. The minimum Gasteiger partial charge on any atom is -0.325 e.